The Morgan fingerprint density at radius 1 is 0.625 bits per heavy atom. The summed E-state index contributed by atoms with van der Waals surface area (Å²) in [7, 11) is -14.2. The van der Waals surface area contributed by atoms with Crippen molar-refractivity contribution in [2.75, 3.05) is 4.72 Å². The lowest BCUT2D eigenvalue weighted by atomic mass is 9.98. The second-order valence-electron chi connectivity index (χ2n) is 9.96. The number of sulfonamides is 2. The van der Waals surface area contributed by atoms with E-state index in [2.05, 4.69) is 43.8 Å². The van der Waals surface area contributed by atoms with Crippen LogP contribution < -0.4 is 14.4 Å². The lowest BCUT2D eigenvalue weighted by Crippen LogP contribution is -2.36. The molecular formula is C31H24BF4N5O4S3. The van der Waals surface area contributed by atoms with Gasteiger partial charge in [-0.05, 0) is 47.5 Å². The molecule has 0 aliphatic heterocycles. The van der Waals surface area contributed by atoms with Gasteiger partial charge in [0.25, 0.3) is 20.0 Å². The molecule has 6 rings (SSSR count). The zero-order valence-electron chi connectivity index (χ0n) is 24.5. The largest absolute Gasteiger partial charge is 0.673 e. The van der Waals surface area contributed by atoms with Crippen LogP contribution in [0.5, 0.6) is 0 Å². The van der Waals surface area contributed by atoms with Gasteiger partial charge in [-0.15, -0.1) is 10.2 Å². The number of rotatable bonds is 8. The smallest absolute Gasteiger partial charge is 0.418 e. The van der Waals surface area contributed by atoms with Crippen LogP contribution in [0.15, 0.2) is 137 Å². The Labute approximate surface area is 277 Å². The number of primary sulfonamides is 1. The van der Waals surface area contributed by atoms with Crippen LogP contribution in [-0.2, 0) is 20.0 Å². The van der Waals surface area contributed by atoms with Crippen LogP contribution in [0, 0.1) is 0 Å². The number of aromatic nitrogens is 3. The predicted molar refractivity (Wildman–Crippen MR) is 177 cm³/mol. The van der Waals surface area contributed by atoms with Gasteiger partial charge in [0.15, 0.2) is 0 Å². The number of pyridine rings is 1. The maximum Gasteiger partial charge on any atom is 0.673 e. The summed E-state index contributed by atoms with van der Waals surface area (Å²) in [6.45, 7) is 0. The molecule has 4 aromatic carbocycles. The molecule has 0 atom stereocenters. The van der Waals surface area contributed by atoms with E-state index in [1.807, 2.05) is 78.9 Å². The van der Waals surface area contributed by atoms with Gasteiger partial charge in [-0.3, -0.25) is 4.72 Å². The second kappa shape index (κ2) is 14.0. The molecule has 2 aromatic heterocycles. The third-order valence-electron chi connectivity index (χ3n) is 6.59. The van der Waals surface area contributed by atoms with E-state index < -0.39 is 31.6 Å². The Morgan fingerprint density at radius 2 is 1.06 bits per heavy atom. The lowest BCUT2D eigenvalue weighted by Gasteiger charge is -2.13. The first-order chi connectivity index (χ1) is 22.7. The minimum absolute atomic E-state index is 0.0346. The quantitative estimate of drug-likeness (QED) is 0.104. The molecule has 17 heteroatoms. The summed E-state index contributed by atoms with van der Waals surface area (Å²) in [6, 6.07) is 40.8. The fourth-order valence-corrected chi connectivity index (χ4v) is 7.19. The van der Waals surface area contributed by atoms with Crippen molar-refractivity contribution in [3.8, 4) is 39.3 Å². The summed E-state index contributed by atoms with van der Waals surface area (Å²) in [4.78, 5) is -0.0346. The lowest BCUT2D eigenvalue weighted by molar-refractivity contribution is -0.572. The van der Waals surface area contributed by atoms with Crippen LogP contribution in [0.3, 0.4) is 0 Å². The molecule has 246 valence electrons. The highest BCUT2D eigenvalue weighted by molar-refractivity contribution is 7.93. The topological polar surface area (TPSA) is 136 Å². The molecule has 9 nitrogen and oxygen atoms in total. The molecule has 3 N–H and O–H groups in total. The molecule has 0 bridgehead atoms. The summed E-state index contributed by atoms with van der Waals surface area (Å²) in [5.74, 6) is 0. The summed E-state index contributed by atoms with van der Waals surface area (Å²) in [5.41, 5.74) is 6.64. The molecule has 6 aromatic rings. The monoisotopic (exact) mass is 713 g/mol. The standard InChI is InChI=1S/C31H24N5O4S3.BF4/c32-42(37,38)31-34-33-30(41-31)35-43(39,40)27-18-16-26(17-19-27)36-28(23-12-6-2-7-13-23)20-25(22-10-4-1-5-11-22)21-29(36)24-14-8-3-9-15-24;2-1(3,4)5/h1-21H,(H,33,35)(H2,32,37,38);/q+1;-1. The molecule has 0 radical (unpaired) electrons. The van der Waals surface area contributed by atoms with E-state index in [1.54, 1.807) is 12.1 Å². The zero-order valence-corrected chi connectivity index (χ0v) is 26.9. The zero-order chi connectivity index (χ0) is 34.5. The molecule has 2 heterocycles. The van der Waals surface area contributed by atoms with E-state index in [9.17, 15) is 34.1 Å². The van der Waals surface area contributed by atoms with Crippen molar-refractivity contribution in [3.63, 3.8) is 0 Å². The van der Waals surface area contributed by atoms with Crippen LogP contribution in [0.1, 0.15) is 0 Å². The van der Waals surface area contributed by atoms with Crippen molar-refractivity contribution in [3.05, 3.63) is 127 Å². The van der Waals surface area contributed by atoms with Crippen molar-refractivity contribution in [1.29, 1.82) is 0 Å². The molecule has 0 saturated heterocycles. The summed E-state index contributed by atoms with van der Waals surface area (Å²) >= 11 is 0.530. The number of nitrogens with two attached hydrogens (primary N) is 1. The van der Waals surface area contributed by atoms with Gasteiger partial charge in [0.1, 0.15) is 0 Å². The molecule has 0 saturated carbocycles. The molecule has 0 unspecified atom stereocenters. The Bertz CT molecular complexity index is 2180. The first-order valence-electron chi connectivity index (χ1n) is 13.8. The third-order valence-corrected chi connectivity index (χ3v) is 10.2. The number of anilines is 1. The maximum absolute atomic E-state index is 13.1. The van der Waals surface area contributed by atoms with E-state index in [1.165, 1.54) is 12.1 Å². The van der Waals surface area contributed by atoms with Crippen LogP contribution >= 0.6 is 11.3 Å². The third kappa shape index (κ3) is 8.68. The first-order valence-corrected chi connectivity index (χ1v) is 17.7. The highest BCUT2D eigenvalue weighted by Gasteiger charge is 2.26. The molecule has 0 amide bonds. The number of halogens is 4. The molecule has 0 fully saturated rings. The first kappa shape index (κ1) is 34.4. The second-order valence-corrected chi connectivity index (χ2v) is 14.4. The Morgan fingerprint density at radius 3 is 1.48 bits per heavy atom. The number of benzene rings is 4. The Hall–Kier alpha value is -4.97. The SMILES string of the molecule is F[B-](F)(F)F.NS(=O)(=O)c1nnc(NS(=O)(=O)c2ccc(-[n+]3c(-c4ccccc4)cc(-c4ccccc4)cc3-c3ccccc3)cc2)s1. The van der Waals surface area contributed by atoms with Gasteiger partial charge >= 0.3 is 7.25 Å². The van der Waals surface area contributed by atoms with E-state index >= 15 is 0 Å². The predicted octanol–water partition coefficient (Wildman–Crippen LogP) is 6.56. The normalized spacial score (nSPS) is 11.8. The molecule has 0 aliphatic rings. The summed E-state index contributed by atoms with van der Waals surface area (Å²) in [5, 5.41) is 11.9. The highest BCUT2D eigenvalue weighted by Crippen LogP contribution is 2.31. The Kier molecular flexibility index (Phi) is 10.0. The minimum Gasteiger partial charge on any atom is -0.418 e. The molecule has 0 spiro atoms. The summed E-state index contributed by atoms with van der Waals surface area (Å²) in [6.07, 6.45) is 0. The van der Waals surface area contributed by atoms with Gasteiger partial charge < -0.3 is 17.3 Å². The minimum atomic E-state index is -6.00. The van der Waals surface area contributed by atoms with Gasteiger partial charge in [0.2, 0.25) is 26.5 Å². The fraction of sp³-hybridized carbons (Fsp3) is 0. The van der Waals surface area contributed by atoms with Crippen LogP contribution in [0.2, 0.25) is 0 Å². The Balaban J connectivity index is 0.000000840. The van der Waals surface area contributed by atoms with Crippen molar-refractivity contribution < 1.29 is 38.7 Å². The van der Waals surface area contributed by atoms with Crippen LogP contribution in [-0.4, -0.2) is 34.3 Å². The number of nitrogens with one attached hydrogen (secondary N) is 1. The van der Waals surface area contributed by atoms with E-state index in [4.69, 9.17) is 5.14 Å². The van der Waals surface area contributed by atoms with Crippen LogP contribution in [0.25, 0.3) is 39.3 Å². The average Bonchev–Trinajstić information content (AvgIpc) is 3.53. The van der Waals surface area contributed by atoms with Gasteiger partial charge in [-0.25, -0.2) is 22.0 Å². The van der Waals surface area contributed by atoms with Gasteiger partial charge in [-0.1, -0.05) is 78.1 Å². The highest BCUT2D eigenvalue weighted by atomic mass is 32.2. The van der Waals surface area contributed by atoms with Gasteiger partial charge in [-0.2, -0.15) is 4.57 Å². The van der Waals surface area contributed by atoms with Crippen LogP contribution in [0.4, 0.5) is 22.4 Å². The van der Waals surface area contributed by atoms with E-state index in [0.29, 0.717) is 11.3 Å². The molecular weight excluding hydrogens is 689 g/mol. The van der Waals surface area contributed by atoms with Crippen molar-refractivity contribution in [2.45, 2.75) is 9.24 Å². The average molecular weight is 714 g/mol. The number of nitrogens with zero attached hydrogens (tertiary/aromatic N) is 3. The van der Waals surface area contributed by atoms with E-state index in [0.717, 1.165) is 39.3 Å². The van der Waals surface area contributed by atoms with E-state index in [-0.39, 0.29) is 10.0 Å². The fourth-order valence-electron chi connectivity index (χ4n) is 4.63. The van der Waals surface area contributed by atoms with Crippen molar-refractivity contribution in [1.82, 2.24) is 10.2 Å². The van der Waals surface area contributed by atoms with Gasteiger partial charge in [0, 0.05) is 35.4 Å². The summed E-state index contributed by atoms with van der Waals surface area (Å²) < 4.78 is 92.2. The van der Waals surface area contributed by atoms with Crippen molar-refractivity contribution >= 4 is 43.8 Å². The number of hydrogen-bond acceptors (Lipinski definition) is 7. The van der Waals surface area contributed by atoms with Crippen molar-refractivity contribution in [2.24, 2.45) is 5.14 Å². The molecule has 48 heavy (non-hydrogen) atoms. The van der Waals surface area contributed by atoms with Gasteiger partial charge in [0.05, 0.1) is 4.90 Å². The molecule has 0 aliphatic carbocycles. The maximum atomic E-state index is 13.1. The number of hydrogen-bond donors (Lipinski definition) is 2.